The van der Waals surface area contributed by atoms with Crippen LogP contribution in [0.3, 0.4) is 0 Å². The summed E-state index contributed by atoms with van der Waals surface area (Å²) in [7, 11) is 1.67. The Kier molecular flexibility index (Phi) is 4.34. The smallest absolute Gasteiger partial charge is 0.309 e. The third-order valence-corrected chi connectivity index (χ3v) is 5.83. The van der Waals surface area contributed by atoms with Gasteiger partial charge in [0.1, 0.15) is 0 Å². The Hall–Kier alpha value is -2.88. The van der Waals surface area contributed by atoms with E-state index in [1.807, 2.05) is 24.3 Å². The van der Waals surface area contributed by atoms with Crippen LogP contribution in [-0.2, 0) is 31.1 Å². The molecule has 3 aromatic rings. The number of carbonyl (C=O) groups is 1. The van der Waals surface area contributed by atoms with Crippen LogP contribution in [0.5, 0.6) is 0 Å². The highest BCUT2D eigenvalue weighted by molar-refractivity contribution is 5.99. The van der Waals surface area contributed by atoms with E-state index in [4.69, 9.17) is 0 Å². The van der Waals surface area contributed by atoms with Gasteiger partial charge in [-0.25, -0.2) is 0 Å². The summed E-state index contributed by atoms with van der Waals surface area (Å²) in [5, 5.41) is 10.9. The van der Waals surface area contributed by atoms with E-state index in [0.29, 0.717) is 11.1 Å². The topological polar surface area (TPSA) is 59.3 Å². The molecule has 0 fully saturated rings. The highest BCUT2D eigenvalue weighted by Gasteiger charge is 2.22. The lowest BCUT2D eigenvalue weighted by atomic mass is 9.83. The van der Waals surface area contributed by atoms with Crippen LogP contribution in [0.2, 0.25) is 0 Å². The second-order valence-corrected chi connectivity index (χ2v) is 7.38. The molecular weight excluding hydrogens is 338 g/mol. The van der Waals surface area contributed by atoms with Gasteiger partial charge in [-0.2, -0.15) is 0 Å². The summed E-state index contributed by atoms with van der Waals surface area (Å²) in [6.45, 7) is 2.13. The standard InChI is InChI=1S/C23H23NO3/c1-14-16-8-4-3-7-15(16)11-12-17(14)22-18-9-5-6-10-19(18)23(27)24(2)20(22)13-21(25)26/h5-6,9-12H,3-4,7-8,13H2,1-2H3,(H,25,26). The molecule has 138 valence electrons. The zero-order valence-corrected chi connectivity index (χ0v) is 15.7. The summed E-state index contributed by atoms with van der Waals surface area (Å²) in [5.41, 5.74) is 6.32. The quantitative estimate of drug-likeness (QED) is 0.766. The predicted molar refractivity (Wildman–Crippen MR) is 107 cm³/mol. The Morgan fingerprint density at radius 1 is 1.07 bits per heavy atom. The number of hydrogen-bond acceptors (Lipinski definition) is 2. The fraction of sp³-hybridized carbons (Fsp3) is 0.304. The Balaban J connectivity index is 2.11. The second kappa shape index (κ2) is 6.69. The van der Waals surface area contributed by atoms with E-state index in [9.17, 15) is 14.7 Å². The van der Waals surface area contributed by atoms with Crippen LogP contribution in [0.15, 0.2) is 41.2 Å². The van der Waals surface area contributed by atoms with E-state index in [-0.39, 0.29) is 12.0 Å². The maximum absolute atomic E-state index is 12.8. The van der Waals surface area contributed by atoms with Crippen molar-refractivity contribution >= 4 is 16.7 Å². The van der Waals surface area contributed by atoms with Crippen molar-refractivity contribution in [3.05, 3.63) is 69.1 Å². The summed E-state index contributed by atoms with van der Waals surface area (Å²) in [5.74, 6) is -0.933. The maximum atomic E-state index is 12.8. The van der Waals surface area contributed by atoms with Crippen molar-refractivity contribution in [2.75, 3.05) is 0 Å². The summed E-state index contributed by atoms with van der Waals surface area (Å²) in [6.07, 6.45) is 4.40. The molecule has 0 radical (unpaired) electrons. The zero-order chi connectivity index (χ0) is 19.1. The Morgan fingerprint density at radius 3 is 2.52 bits per heavy atom. The molecule has 0 amide bonds. The number of hydrogen-bond donors (Lipinski definition) is 1. The van der Waals surface area contributed by atoms with Crippen LogP contribution >= 0.6 is 0 Å². The number of aryl methyl sites for hydroxylation is 1. The molecule has 4 nitrogen and oxygen atoms in total. The molecule has 0 bridgehead atoms. The number of carboxylic acids is 1. The minimum Gasteiger partial charge on any atom is -0.481 e. The van der Waals surface area contributed by atoms with Crippen molar-refractivity contribution < 1.29 is 9.90 Å². The predicted octanol–water partition coefficient (Wildman–Crippen LogP) is 4.02. The second-order valence-electron chi connectivity index (χ2n) is 7.38. The summed E-state index contributed by atoms with van der Waals surface area (Å²) >= 11 is 0. The number of aromatic nitrogens is 1. The molecular formula is C23H23NO3. The first-order valence-corrected chi connectivity index (χ1v) is 9.43. The van der Waals surface area contributed by atoms with E-state index >= 15 is 0 Å². The molecule has 1 heterocycles. The summed E-state index contributed by atoms with van der Waals surface area (Å²) < 4.78 is 1.50. The van der Waals surface area contributed by atoms with E-state index < -0.39 is 5.97 Å². The lowest BCUT2D eigenvalue weighted by Crippen LogP contribution is -2.24. The normalized spacial score (nSPS) is 13.6. The number of carboxylic acid groups (broad SMARTS) is 1. The van der Waals surface area contributed by atoms with Gasteiger partial charge < -0.3 is 9.67 Å². The number of benzene rings is 2. The molecule has 4 rings (SSSR count). The minimum atomic E-state index is -0.933. The molecule has 1 N–H and O–H groups in total. The van der Waals surface area contributed by atoms with Crippen LogP contribution in [0.4, 0.5) is 0 Å². The van der Waals surface area contributed by atoms with Crippen LogP contribution in [0.25, 0.3) is 21.9 Å². The van der Waals surface area contributed by atoms with Crippen LogP contribution in [0.1, 0.15) is 35.2 Å². The summed E-state index contributed by atoms with van der Waals surface area (Å²) in [6, 6.07) is 11.8. The Bertz CT molecular complexity index is 1120. The first-order valence-electron chi connectivity index (χ1n) is 9.43. The Labute approximate surface area is 158 Å². The van der Waals surface area contributed by atoms with Crippen LogP contribution in [0, 0.1) is 6.92 Å². The van der Waals surface area contributed by atoms with Gasteiger partial charge in [-0.15, -0.1) is 0 Å². The van der Waals surface area contributed by atoms with Gasteiger partial charge >= 0.3 is 5.97 Å². The first-order chi connectivity index (χ1) is 13.0. The number of rotatable bonds is 3. The van der Waals surface area contributed by atoms with Gasteiger partial charge in [0.25, 0.3) is 5.56 Å². The lowest BCUT2D eigenvalue weighted by molar-refractivity contribution is -0.136. The van der Waals surface area contributed by atoms with Gasteiger partial charge in [0.15, 0.2) is 0 Å². The SMILES string of the molecule is Cc1c(-c2c(CC(=O)O)n(C)c(=O)c3ccccc23)ccc2c1CCCC2. The summed E-state index contributed by atoms with van der Waals surface area (Å²) in [4.78, 5) is 24.4. The van der Waals surface area contributed by atoms with Crippen molar-refractivity contribution in [1.29, 1.82) is 0 Å². The largest absolute Gasteiger partial charge is 0.481 e. The molecule has 0 aliphatic heterocycles. The average Bonchev–Trinajstić information content (AvgIpc) is 2.67. The number of fused-ring (bicyclic) bond motifs is 2. The van der Waals surface area contributed by atoms with E-state index in [1.165, 1.54) is 34.1 Å². The monoisotopic (exact) mass is 361 g/mol. The molecule has 2 aromatic carbocycles. The van der Waals surface area contributed by atoms with Gasteiger partial charge in [-0.3, -0.25) is 9.59 Å². The zero-order valence-electron chi connectivity index (χ0n) is 15.7. The van der Waals surface area contributed by atoms with Crippen LogP contribution in [-0.4, -0.2) is 15.6 Å². The average molecular weight is 361 g/mol. The number of aliphatic carboxylic acids is 1. The fourth-order valence-corrected chi connectivity index (χ4v) is 4.45. The lowest BCUT2D eigenvalue weighted by Gasteiger charge is -2.23. The van der Waals surface area contributed by atoms with E-state index in [1.54, 1.807) is 7.05 Å². The molecule has 0 saturated heterocycles. The third-order valence-electron chi connectivity index (χ3n) is 5.83. The molecule has 1 aliphatic carbocycles. The molecule has 0 spiro atoms. The van der Waals surface area contributed by atoms with Crippen molar-refractivity contribution in [3.63, 3.8) is 0 Å². The fourth-order valence-electron chi connectivity index (χ4n) is 4.45. The minimum absolute atomic E-state index is 0.152. The van der Waals surface area contributed by atoms with Crippen molar-refractivity contribution in [3.8, 4) is 11.1 Å². The van der Waals surface area contributed by atoms with Crippen molar-refractivity contribution in [1.82, 2.24) is 4.57 Å². The van der Waals surface area contributed by atoms with E-state index in [0.717, 1.165) is 29.4 Å². The highest BCUT2D eigenvalue weighted by atomic mass is 16.4. The van der Waals surface area contributed by atoms with Gasteiger partial charge in [-0.1, -0.05) is 30.3 Å². The first kappa shape index (κ1) is 17.5. The third kappa shape index (κ3) is 2.85. The number of pyridine rings is 1. The molecule has 0 saturated carbocycles. The van der Waals surface area contributed by atoms with Gasteiger partial charge in [0, 0.05) is 23.7 Å². The molecule has 27 heavy (non-hydrogen) atoms. The maximum Gasteiger partial charge on any atom is 0.309 e. The molecule has 1 aliphatic rings. The van der Waals surface area contributed by atoms with Crippen molar-refractivity contribution in [2.45, 2.75) is 39.0 Å². The molecule has 4 heteroatoms. The van der Waals surface area contributed by atoms with Gasteiger partial charge in [0.05, 0.1) is 6.42 Å². The van der Waals surface area contributed by atoms with E-state index in [2.05, 4.69) is 19.1 Å². The highest BCUT2D eigenvalue weighted by Crippen LogP contribution is 2.37. The Morgan fingerprint density at radius 2 is 1.78 bits per heavy atom. The molecule has 1 aromatic heterocycles. The number of nitrogens with zero attached hydrogens (tertiary/aromatic N) is 1. The molecule has 0 atom stereocenters. The van der Waals surface area contributed by atoms with Gasteiger partial charge in [0.2, 0.25) is 0 Å². The molecule has 0 unspecified atom stereocenters. The van der Waals surface area contributed by atoms with Gasteiger partial charge in [-0.05, 0) is 66.3 Å². The van der Waals surface area contributed by atoms with Crippen LogP contribution < -0.4 is 5.56 Å². The van der Waals surface area contributed by atoms with Crippen molar-refractivity contribution in [2.24, 2.45) is 7.05 Å².